The molecule has 1 aromatic carbocycles. The van der Waals surface area contributed by atoms with Crippen molar-refractivity contribution in [3.8, 4) is 0 Å². The lowest BCUT2D eigenvalue weighted by Gasteiger charge is -2.12. The van der Waals surface area contributed by atoms with Gasteiger partial charge in [0.1, 0.15) is 6.04 Å². The summed E-state index contributed by atoms with van der Waals surface area (Å²) in [7, 11) is 0. The number of nitrogens with zero attached hydrogens (tertiary/aromatic N) is 1. The van der Waals surface area contributed by atoms with Crippen molar-refractivity contribution in [2.45, 2.75) is 31.8 Å². The standard InChI is InChI=1S/C14H17ClN2O2/c15-9-5-4-8-12-13(18)17(14(19)16-12)10-11-6-2-1-3-7-11/h1-3,6-7,12H,4-5,8-10H2,(H,16,19). The molecule has 1 aliphatic rings. The largest absolute Gasteiger partial charge is 0.326 e. The number of hydrogen-bond acceptors (Lipinski definition) is 2. The van der Waals surface area contributed by atoms with Crippen molar-refractivity contribution >= 4 is 23.5 Å². The number of imide groups is 1. The fourth-order valence-electron chi connectivity index (χ4n) is 2.13. The van der Waals surface area contributed by atoms with Crippen LogP contribution in [-0.4, -0.2) is 28.8 Å². The Balaban J connectivity index is 1.95. The third-order valence-corrected chi connectivity index (χ3v) is 3.43. The minimum absolute atomic E-state index is 0.136. The Morgan fingerprint density at radius 1 is 1.16 bits per heavy atom. The second-order valence-corrected chi connectivity index (χ2v) is 4.97. The van der Waals surface area contributed by atoms with E-state index in [0.29, 0.717) is 18.8 Å². The first-order valence-corrected chi connectivity index (χ1v) is 6.97. The van der Waals surface area contributed by atoms with Crippen LogP contribution in [0.15, 0.2) is 30.3 Å². The number of alkyl halides is 1. The van der Waals surface area contributed by atoms with Gasteiger partial charge >= 0.3 is 6.03 Å². The molecular formula is C14H17ClN2O2. The second kappa shape index (κ2) is 6.57. The number of hydrogen-bond donors (Lipinski definition) is 1. The van der Waals surface area contributed by atoms with E-state index < -0.39 is 0 Å². The molecule has 0 saturated carbocycles. The first-order valence-electron chi connectivity index (χ1n) is 6.44. The van der Waals surface area contributed by atoms with Crippen molar-refractivity contribution in [3.05, 3.63) is 35.9 Å². The molecule has 0 spiro atoms. The highest BCUT2D eigenvalue weighted by Crippen LogP contribution is 2.15. The van der Waals surface area contributed by atoms with Gasteiger partial charge in [0.2, 0.25) is 0 Å². The third-order valence-electron chi connectivity index (χ3n) is 3.17. The number of urea groups is 1. The van der Waals surface area contributed by atoms with E-state index in [2.05, 4.69) is 5.32 Å². The van der Waals surface area contributed by atoms with Crippen molar-refractivity contribution in [1.29, 1.82) is 0 Å². The highest BCUT2D eigenvalue weighted by molar-refractivity contribution is 6.17. The molecule has 0 radical (unpaired) electrons. The second-order valence-electron chi connectivity index (χ2n) is 4.60. The summed E-state index contributed by atoms with van der Waals surface area (Å²) < 4.78 is 0. The Kier molecular flexibility index (Phi) is 4.80. The summed E-state index contributed by atoms with van der Waals surface area (Å²) >= 11 is 5.61. The molecule has 1 saturated heterocycles. The molecule has 1 aliphatic heterocycles. The minimum Gasteiger partial charge on any atom is -0.326 e. The van der Waals surface area contributed by atoms with Crippen molar-refractivity contribution in [2.24, 2.45) is 0 Å². The van der Waals surface area contributed by atoms with Gasteiger partial charge in [0, 0.05) is 5.88 Å². The van der Waals surface area contributed by atoms with Crippen LogP contribution in [-0.2, 0) is 11.3 Å². The van der Waals surface area contributed by atoms with Crippen LogP contribution >= 0.6 is 11.6 Å². The Labute approximate surface area is 117 Å². The van der Waals surface area contributed by atoms with E-state index in [9.17, 15) is 9.59 Å². The summed E-state index contributed by atoms with van der Waals surface area (Å²) in [5.41, 5.74) is 0.951. The SMILES string of the molecule is O=C1NC(CCCCCl)C(=O)N1Cc1ccccc1. The first kappa shape index (κ1) is 13.9. The quantitative estimate of drug-likeness (QED) is 0.494. The highest BCUT2D eigenvalue weighted by atomic mass is 35.5. The van der Waals surface area contributed by atoms with Crippen molar-refractivity contribution in [2.75, 3.05) is 5.88 Å². The predicted octanol–water partition coefficient (Wildman–Crippen LogP) is 2.52. The average molecular weight is 281 g/mol. The fraction of sp³-hybridized carbons (Fsp3) is 0.429. The maximum Gasteiger partial charge on any atom is 0.325 e. The van der Waals surface area contributed by atoms with Crippen LogP contribution in [0.4, 0.5) is 4.79 Å². The van der Waals surface area contributed by atoms with Crippen LogP contribution in [0.3, 0.4) is 0 Å². The Bertz CT molecular complexity index is 450. The average Bonchev–Trinajstić information content (AvgIpc) is 2.68. The van der Waals surface area contributed by atoms with E-state index in [1.165, 1.54) is 4.90 Å². The van der Waals surface area contributed by atoms with Crippen LogP contribution < -0.4 is 5.32 Å². The third kappa shape index (κ3) is 3.47. The fourth-order valence-corrected chi connectivity index (χ4v) is 2.32. The molecule has 102 valence electrons. The summed E-state index contributed by atoms with van der Waals surface area (Å²) in [5, 5.41) is 2.73. The first-order chi connectivity index (χ1) is 9.22. The van der Waals surface area contributed by atoms with E-state index in [-0.39, 0.29) is 18.0 Å². The maximum absolute atomic E-state index is 12.1. The van der Waals surface area contributed by atoms with E-state index in [0.717, 1.165) is 18.4 Å². The molecule has 1 fully saturated rings. The number of benzene rings is 1. The molecule has 4 nitrogen and oxygen atoms in total. The predicted molar refractivity (Wildman–Crippen MR) is 73.9 cm³/mol. The summed E-state index contributed by atoms with van der Waals surface area (Å²) in [5.74, 6) is 0.450. The van der Waals surface area contributed by atoms with E-state index in [1.54, 1.807) is 0 Å². The van der Waals surface area contributed by atoms with Crippen LogP contribution in [0.5, 0.6) is 0 Å². The summed E-state index contributed by atoms with van der Waals surface area (Å²) in [6, 6.07) is 8.81. The molecule has 1 unspecified atom stereocenters. The minimum atomic E-state index is -0.389. The van der Waals surface area contributed by atoms with Crippen molar-refractivity contribution in [3.63, 3.8) is 0 Å². The van der Waals surface area contributed by atoms with Crippen LogP contribution in [0, 0.1) is 0 Å². The molecule has 0 aromatic heterocycles. The lowest BCUT2D eigenvalue weighted by Crippen LogP contribution is -2.30. The van der Waals surface area contributed by atoms with Gasteiger partial charge in [-0.1, -0.05) is 30.3 Å². The van der Waals surface area contributed by atoms with Gasteiger partial charge in [0.05, 0.1) is 6.54 Å². The Morgan fingerprint density at radius 3 is 2.58 bits per heavy atom. The van der Waals surface area contributed by atoms with Crippen molar-refractivity contribution in [1.82, 2.24) is 10.2 Å². The highest BCUT2D eigenvalue weighted by Gasteiger charge is 2.37. The molecule has 0 aliphatic carbocycles. The number of unbranched alkanes of at least 4 members (excludes halogenated alkanes) is 1. The smallest absolute Gasteiger partial charge is 0.325 e. The molecular weight excluding hydrogens is 264 g/mol. The van der Waals surface area contributed by atoms with E-state index >= 15 is 0 Å². The van der Waals surface area contributed by atoms with Crippen molar-refractivity contribution < 1.29 is 9.59 Å². The molecule has 1 N–H and O–H groups in total. The lowest BCUT2D eigenvalue weighted by molar-refractivity contribution is -0.128. The van der Waals surface area contributed by atoms with Gasteiger partial charge in [-0.3, -0.25) is 9.69 Å². The number of carbonyl (C=O) groups excluding carboxylic acids is 2. The van der Waals surface area contributed by atoms with E-state index in [1.807, 2.05) is 30.3 Å². The van der Waals surface area contributed by atoms with E-state index in [4.69, 9.17) is 11.6 Å². The normalized spacial score (nSPS) is 18.8. The number of rotatable bonds is 6. The zero-order chi connectivity index (χ0) is 13.7. The molecule has 3 amide bonds. The molecule has 1 atom stereocenters. The monoisotopic (exact) mass is 280 g/mol. The zero-order valence-corrected chi connectivity index (χ0v) is 11.4. The lowest BCUT2D eigenvalue weighted by atomic mass is 10.1. The number of amides is 3. The zero-order valence-electron chi connectivity index (χ0n) is 10.6. The summed E-state index contributed by atoms with van der Waals surface area (Å²) in [6.45, 7) is 0.331. The summed E-state index contributed by atoms with van der Waals surface area (Å²) in [6.07, 6.45) is 2.36. The Morgan fingerprint density at radius 2 is 1.89 bits per heavy atom. The Hall–Kier alpha value is -1.55. The van der Waals surface area contributed by atoms with Gasteiger partial charge in [-0.2, -0.15) is 0 Å². The van der Waals surface area contributed by atoms with Gasteiger partial charge in [0.25, 0.3) is 5.91 Å². The van der Waals surface area contributed by atoms with Crippen LogP contribution in [0.25, 0.3) is 0 Å². The molecule has 1 heterocycles. The number of nitrogens with one attached hydrogen (secondary N) is 1. The maximum atomic E-state index is 12.1. The van der Waals surface area contributed by atoms with Crippen LogP contribution in [0.2, 0.25) is 0 Å². The van der Waals surface area contributed by atoms with Gasteiger partial charge in [-0.15, -0.1) is 11.6 Å². The van der Waals surface area contributed by atoms with Gasteiger partial charge in [0.15, 0.2) is 0 Å². The molecule has 0 bridgehead atoms. The molecule has 1 aromatic rings. The number of halogens is 1. The van der Waals surface area contributed by atoms with Gasteiger partial charge in [-0.25, -0.2) is 4.79 Å². The molecule has 2 rings (SSSR count). The topological polar surface area (TPSA) is 49.4 Å². The van der Waals surface area contributed by atoms with Crippen LogP contribution in [0.1, 0.15) is 24.8 Å². The van der Waals surface area contributed by atoms with Gasteiger partial charge in [-0.05, 0) is 24.8 Å². The molecule has 19 heavy (non-hydrogen) atoms. The van der Waals surface area contributed by atoms with Gasteiger partial charge < -0.3 is 5.32 Å². The number of carbonyl (C=O) groups is 2. The molecule has 5 heteroatoms. The summed E-state index contributed by atoms with van der Waals surface area (Å²) in [4.78, 5) is 25.2.